The minimum absolute atomic E-state index is 0.356. The van der Waals surface area contributed by atoms with Gasteiger partial charge in [-0.15, -0.1) is 0 Å². The summed E-state index contributed by atoms with van der Waals surface area (Å²) in [6, 6.07) is 0.656. The van der Waals surface area contributed by atoms with Gasteiger partial charge in [0.25, 0.3) is 0 Å². The number of hydrogen-bond donors (Lipinski definition) is 1. The van der Waals surface area contributed by atoms with Crippen molar-refractivity contribution in [1.29, 1.82) is 0 Å². The van der Waals surface area contributed by atoms with Crippen LogP contribution in [-0.2, 0) is 13.0 Å². The maximum Gasteiger partial charge on any atom is 0.226 e. The van der Waals surface area contributed by atoms with E-state index in [4.69, 9.17) is 10.3 Å². The van der Waals surface area contributed by atoms with Gasteiger partial charge in [-0.05, 0) is 45.7 Å². The summed E-state index contributed by atoms with van der Waals surface area (Å²) in [5, 5.41) is 3.82. The molecule has 0 saturated carbocycles. The zero-order valence-electron chi connectivity index (χ0n) is 10.7. The zero-order valence-corrected chi connectivity index (χ0v) is 10.7. The topological polar surface area (TPSA) is 68.2 Å². The van der Waals surface area contributed by atoms with Crippen LogP contribution in [0.3, 0.4) is 0 Å². The Kier molecular flexibility index (Phi) is 4.12. The second-order valence-electron chi connectivity index (χ2n) is 5.09. The van der Waals surface area contributed by atoms with Crippen LogP contribution in [0.5, 0.6) is 0 Å². The van der Waals surface area contributed by atoms with E-state index in [9.17, 15) is 0 Å². The second-order valence-corrected chi connectivity index (χ2v) is 5.09. The van der Waals surface area contributed by atoms with Gasteiger partial charge in [0.15, 0.2) is 5.82 Å². The molecule has 0 amide bonds. The highest BCUT2D eigenvalue weighted by molar-refractivity contribution is 4.88. The molecule has 0 atom stereocenters. The van der Waals surface area contributed by atoms with E-state index in [-0.39, 0.29) is 0 Å². The lowest BCUT2D eigenvalue weighted by molar-refractivity contribution is 0.145. The van der Waals surface area contributed by atoms with Crippen molar-refractivity contribution in [2.45, 2.75) is 45.7 Å². The number of rotatable bonds is 4. The van der Waals surface area contributed by atoms with Gasteiger partial charge < -0.3 is 15.2 Å². The van der Waals surface area contributed by atoms with Crippen molar-refractivity contribution >= 4 is 0 Å². The van der Waals surface area contributed by atoms with Crippen molar-refractivity contribution in [3.63, 3.8) is 0 Å². The van der Waals surface area contributed by atoms with Crippen LogP contribution in [0.4, 0.5) is 0 Å². The standard InChI is InChI=1S/C12H22N4O/c1-9(2)16-5-3-10(4-6-16)7-12-14-11(8-13)15-17-12/h9-10H,3-8,13H2,1-2H3. The zero-order chi connectivity index (χ0) is 12.3. The molecule has 0 bridgehead atoms. The third kappa shape index (κ3) is 3.26. The molecule has 1 fully saturated rings. The van der Waals surface area contributed by atoms with Gasteiger partial charge in [0.1, 0.15) is 0 Å². The molecule has 5 heteroatoms. The first-order valence-corrected chi connectivity index (χ1v) is 6.44. The minimum atomic E-state index is 0.356. The lowest BCUT2D eigenvalue weighted by atomic mass is 9.93. The fourth-order valence-electron chi connectivity index (χ4n) is 2.38. The van der Waals surface area contributed by atoms with E-state index in [1.54, 1.807) is 0 Å². The van der Waals surface area contributed by atoms with E-state index in [0.29, 0.717) is 24.3 Å². The van der Waals surface area contributed by atoms with Crippen molar-refractivity contribution in [2.75, 3.05) is 13.1 Å². The van der Waals surface area contributed by atoms with Crippen LogP contribution in [0.2, 0.25) is 0 Å². The SMILES string of the molecule is CC(C)N1CCC(Cc2nc(CN)no2)CC1. The Bertz CT molecular complexity index is 342. The molecule has 2 rings (SSSR count). The Hall–Kier alpha value is -0.940. The number of hydrogen-bond acceptors (Lipinski definition) is 5. The maximum atomic E-state index is 5.46. The number of aromatic nitrogens is 2. The Labute approximate surface area is 102 Å². The van der Waals surface area contributed by atoms with Crippen LogP contribution >= 0.6 is 0 Å². The van der Waals surface area contributed by atoms with Gasteiger partial charge in [-0.2, -0.15) is 4.98 Å². The third-order valence-corrected chi connectivity index (χ3v) is 3.54. The van der Waals surface area contributed by atoms with E-state index in [1.165, 1.54) is 25.9 Å². The van der Waals surface area contributed by atoms with Crippen molar-refractivity contribution in [2.24, 2.45) is 11.7 Å². The van der Waals surface area contributed by atoms with Crippen molar-refractivity contribution < 1.29 is 4.52 Å². The molecule has 1 saturated heterocycles. The fraction of sp³-hybridized carbons (Fsp3) is 0.833. The minimum Gasteiger partial charge on any atom is -0.339 e. The predicted molar refractivity (Wildman–Crippen MR) is 65.3 cm³/mol. The van der Waals surface area contributed by atoms with Gasteiger partial charge in [-0.3, -0.25) is 0 Å². The van der Waals surface area contributed by atoms with Gasteiger partial charge in [0, 0.05) is 12.5 Å². The summed E-state index contributed by atoms with van der Waals surface area (Å²) in [5.41, 5.74) is 5.46. The summed E-state index contributed by atoms with van der Waals surface area (Å²) in [7, 11) is 0. The Morgan fingerprint density at radius 1 is 1.41 bits per heavy atom. The molecule has 1 aliphatic rings. The Morgan fingerprint density at radius 2 is 2.12 bits per heavy atom. The third-order valence-electron chi connectivity index (χ3n) is 3.54. The molecule has 1 aliphatic heterocycles. The number of nitrogens with two attached hydrogens (primary N) is 1. The van der Waals surface area contributed by atoms with Crippen LogP contribution in [0.25, 0.3) is 0 Å². The van der Waals surface area contributed by atoms with Gasteiger partial charge >= 0.3 is 0 Å². The number of likely N-dealkylation sites (tertiary alicyclic amines) is 1. The first-order chi connectivity index (χ1) is 8.19. The average molecular weight is 238 g/mol. The lowest BCUT2D eigenvalue weighted by Gasteiger charge is -2.34. The summed E-state index contributed by atoms with van der Waals surface area (Å²) in [4.78, 5) is 6.78. The van der Waals surface area contributed by atoms with E-state index >= 15 is 0 Å². The molecular formula is C12H22N4O. The molecule has 0 spiro atoms. The molecule has 0 unspecified atom stereocenters. The lowest BCUT2D eigenvalue weighted by Crippen LogP contribution is -2.38. The smallest absolute Gasteiger partial charge is 0.226 e. The number of nitrogens with zero attached hydrogens (tertiary/aromatic N) is 3. The normalized spacial score (nSPS) is 19.1. The molecule has 17 heavy (non-hydrogen) atoms. The van der Waals surface area contributed by atoms with Crippen molar-refractivity contribution in [3.05, 3.63) is 11.7 Å². The highest BCUT2D eigenvalue weighted by Crippen LogP contribution is 2.22. The van der Waals surface area contributed by atoms with Crippen LogP contribution in [-0.4, -0.2) is 34.2 Å². The van der Waals surface area contributed by atoms with Crippen LogP contribution in [0.15, 0.2) is 4.52 Å². The Morgan fingerprint density at radius 3 is 2.65 bits per heavy atom. The van der Waals surface area contributed by atoms with Crippen LogP contribution in [0.1, 0.15) is 38.4 Å². The van der Waals surface area contributed by atoms with Crippen LogP contribution in [0, 0.1) is 5.92 Å². The second kappa shape index (κ2) is 5.60. The molecule has 2 N–H and O–H groups in total. The summed E-state index contributed by atoms with van der Waals surface area (Å²) in [6.45, 7) is 7.23. The fourth-order valence-corrected chi connectivity index (χ4v) is 2.38. The summed E-state index contributed by atoms with van der Waals surface area (Å²) in [5.74, 6) is 2.03. The molecule has 96 valence electrons. The van der Waals surface area contributed by atoms with Crippen molar-refractivity contribution in [3.8, 4) is 0 Å². The van der Waals surface area contributed by atoms with Gasteiger partial charge in [-0.1, -0.05) is 5.16 Å². The first kappa shape index (κ1) is 12.5. The first-order valence-electron chi connectivity index (χ1n) is 6.44. The average Bonchev–Trinajstić information content (AvgIpc) is 2.77. The maximum absolute atomic E-state index is 5.46. The van der Waals surface area contributed by atoms with E-state index in [1.807, 2.05) is 0 Å². The van der Waals surface area contributed by atoms with E-state index < -0.39 is 0 Å². The summed E-state index contributed by atoms with van der Waals surface area (Å²) < 4.78 is 5.18. The number of piperidine rings is 1. The van der Waals surface area contributed by atoms with E-state index in [2.05, 4.69) is 28.9 Å². The summed E-state index contributed by atoms with van der Waals surface area (Å²) >= 11 is 0. The van der Waals surface area contributed by atoms with Gasteiger partial charge in [0.05, 0.1) is 6.54 Å². The highest BCUT2D eigenvalue weighted by Gasteiger charge is 2.22. The molecule has 5 nitrogen and oxygen atoms in total. The van der Waals surface area contributed by atoms with Gasteiger partial charge in [0.2, 0.25) is 5.89 Å². The molecule has 0 aromatic carbocycles. The molecule has 1 aromatic heterocycles. The molecular weight excluding hydrogens is 216 g/mol. The Balaban J connectivity index is 1.81. The molecule has 0 radical (unpaired) electrons. The van der Waals surface area contributed by atoms with Gasteiger partial charge in [-0.25, -0.2) is 0 Å². The molecule has 2 heterocycles. The van der Waals surface area contributed by atoms with Crippen LogP contribution < -0.4 is 5.73 Å². The largest absolute Gasteiger partial charge is 0.339 e. The monoisotopic (exact) mass is 238 g/mol. The van der Waals surface area contributed by atoms with Crippen molar-refractivity contribution in [1.82, 2.24) is 15.0 Å². The molecule has 0 aliphatic carbocycles. The quantitative estimate of drug-likeness (QED) is 0.853. The highest BCUT2D eigenvalue weighted by atomic mass is 16.5. The molecule has 1 aromatic rings. The predicted octanol–water partition coefficient (Wildman–Crippen LogP) is 1.19. The van der Waals surface area contributed by atoms with E-state index in [0.717, 1.165) is 12.3 Å². The summed E-state index contributed by atoms with van der Waals surface area (Å²) in [6.07, 6.45) is 3.34.